The summed E-state index contributed by atoms with van der Waals surface area (Å²) >= 11 is 0. The number of urea groups is 1. The molecule has 0 unspecified atom stereocenters. The smallest absolute Gasteiger partial charge is 0.322 e. The van der Waals surface area contributed by atoms with Crippen molar-refractivity contribution in [1.29, 1.82) is 0 Å². The number of amides is 4. The summed E-state index contributed by atoms with van der Waals surface area (Å²) in [7, 11) is 0. The maximum absolute atomic E-state index is 13.2. The first-order valence-corrected chi connectivity index (χ1v) is 10.2. The van der Waals surface area contributed by atoms with Crippen LogP contribution in [0.25, 0.3) is 0 Å². The monoisotopic (exact) mass is 424 g/mol. The van der Waals surface area contributed by atoms with Gasteiger partial charge in [0.25, 0.3) is 11.8 Å². The quantitative estimate of drug-likeness (QED) is 0.685. The summed E-state index contributed by atoms with van der Waals surface area (Å²) in [6.07, 6.45) is 4.51. The number of benzene rings is 1. The van der Waals surface area contributed by atoms with Crippen LogP contribution in [0.5, 0.6) is 11.5 Å². The molecule has 0 bridgehead atoms. The number of hydrogen-bond acceptors (Lipinski definition) is 6. The van der Waals surface area contributed by atoms with Crippen LogP contribution in [0.2, 0.25) is 0 Å². The van der Waals surface area contributed by atoms with E-state index in [9.17, 15) is 14.4 Å². The van der Waals surface area contributed by atoms with E-state index in [0.29, 0.717) is 49.7 Å². The van der Waals surface area contributed by atoms with Gasteiger partial charge in [0.15, 0.2) is 11.5 Å². The van der Waals surface area contributed by atoms with E-state index in [1.807, 2.05) is 19.1 Å². The van der Waals surface area contributed by atoms with Crippen LogP contribution in [-0.4, -0.2) is 53.0 Å². The highest BCUT2D eigenvalue weighted by Crippen LogP contribution is 2.31. The topological polar surface area (TPSA) is 110 Å². The minimum atomic E-state index is -1.05. The Balaban J connectivity index is 1.50. The number of nitrogens with one attached hydrogen (secondary N) is 2. The van der Waals surface area contributed by atoms with E-state index in [2.05, 4.69) is 15.6 Å². The zero-order chi connectivity index (χ0) is 21.8. The summed E-state index contributed by atoms with van der Waals surface area (Å²) in [6, 6.07) is 8.26. The molecule has 3 heterocycles. The van der Waals surface area contributed by atoms with Crippen molar-refractivity contribution >= 4 is 17.8 Å². The first-order chi connectivity index (χ1) is 15.0. The molecule has 2 aromatic rings. The summed E-state index contributed by atoms with van der Waals surface area (Å²) in [5.41, 5.74) is 0.344. The van der Waals surface area contributed by atoms with Crippen molar-refractivity contribution < 1.29 is 23.9 Å². The summed E-state index contributed by atoms with van der Waals surface area (Å²) in [4.78, 5) is 42.6. The van der Waals surface area contributed by atoms with Gasteiger partial charge >= 0.3 is 6.03 Å². The number of carbonyl (C=O) groups is 3. The van der Waals surface area contributed by atoms with E-state index in [0.717, 1.165) is 5.56 Å². The molecule has 1 atom stereocenters. The molecule has 4 amide bonds. The number of likely N-dealkylation sites (tertiary alicyclic amines) is 1. The molecule has 162 valence electrons. The van der Waals surface area contributed by atoms with Gasteiger partial charge in [0.1, 0.15) is 12.1 Å². The van der Waals surface area contributed by atoms with Gasteiger partial charge in [0.05, 0.1) is 13.2 Å². The third-order valence-corrected chi connectivity index (χ3v) is 5.43. The summed E-state index contributed by atoms with van der Waals surface area (Å²) < 4.78 is 11.6. The Labute approximate surface area is 179 Å². The minimum Gasteiger partial charge on any atom is -0.490 e. The van der Waals surface area contributed by atoms with Crippen molar-refractivity contribution in [3.8, 4) is 11.5 Å². The van der Waals surface area contributed by atoms with Crippen molar-refractivity contribution in [1.82, 2.24) is 20.5 Å². The molecular weight excluding hydrogens is 400 g/mol. The van der Waals surface area contributed by atoms with E-state index in [1.54, 1.807) is 35.5 Å². The van der Waals surface area contributed by atoms with Crippen molar-refractivity contribution in [3.63, 3.8) is 0 Å². The van der Waals surface area contributed by atoms with Gasteiger partial charge < -0.3 is 19.7 Å². The molecule has 9 heteroatoms. The van der Waals surface area contributed by atoms with Gasteiger partial charge in [-0.15, -0.1) is 0 Å². The van der Waals surface area contributed by atoms with Crippen LogP contribution in [0.1, 0.15) is 35.7 Å². The second-order valence-electron chi connectivity index (χ2n) is 7.56. The fourth-order valence-corrected chi connectivity index (χ4v) is 3.90. The number of imide groups is 1. The Morgan fingerprint density at radius 2 is 1.97 bits per heavy atom. The van der Waals surface area contributed by atoms with Crippen LogP contribution in [0.3, 0.4) is 0 Å². The molecule has 0 saturated carbocycles. The SMILES string of the molecule is CCOc1cc(C(=O)N2CCC[C@@]3(C2)NC(=O)NC3=O)ccc1OCc1ccncc1. The van der Waals surface area contributed by atoms with Gasteiger partial charge in [-0.25, -0.2) is 4.79 Å². The minimum absolute atomic E-state index is 0.133. The van der Waals surface area contributed by atoms with Crippen LogP contribution in [-0.2, 0) is 11.4 Å². The van der Waals surface area contributed by atoms with Crippen molar-refractivity contribution in [3.05, 3.63) is 53.9 Å². The van der Waals surface area contributed by atoms with Crippen LogP contribution >= 0.6 is 0 Å². The van der Waals surface area contributed by atoms with E-state index < -0.39 is 11.6 Å². The molecule has 1 spiro atoms. The van der Waals surface area contributed by atoms with E-state index in [4.69, 9.17) is 9.47 Å². The Morgan fingerprint density at radius 1 is 1.16 bits per heavy atom. The van der Waals surface area contributed by atoms with Crippen LogP contribution in [0, 0.1) is 0 Å². The van der Waals surface area contributed by atoms with Gasteiger partial charge in [0.2, 0.25) is 0 Å². The number of pyridine rings is 1. The predicted octanol–water partition coefficient (Wildman–Crippen LogP) is 1.87. The lowest BCUT2D eigenvalue weighted by molar-refractivity contribution is -0.125. The van der Waals surface area contributed by atoms with Gasteiger partial charge in [-0.05, 0) is 55.7 Å². The molecule has 1 aromatic heterocycles. The zero-order valence-electron chi connectivity index (χ0n) is 17.2. The lowest BCUT2D eigenvalue weighted by Gasteiger charge is -2.38. The average Bonchev–Trinajstić information content (AvgIpc) is 3.05. The van der Waals surface area contributed by atoms with Gasteiger partial charge in [-0.1, -0.05) is 0 Å². The first-order valence-electron chi connectivity index (χ1n) is 10.2. The third-order valence-electron chi connectivity index (χ3n) is 5.43. The zero-order valence-corrected chi connectivity index (χ0v) is 17.2. The highest BCUT2D eigenvalue weighted by atomic mass is 16.5. The van der Waals surface area contributed by atoms with Crippen LogP contribution in [0.4, 0.5) is 4.79 Å². The van der Waals surface area contributed by atoms with Crippen LogP contribution in [0.15, 0.2) is 42.7 Å². The number of carbonyl (C=O) groups excluding carboxylic acids is 3. The number of aromatic nitrogens is 1. The van der Waals surface area contributed by atoms with E-state index in [1.165, 1.54) is 0 Å². The predicted molar refractivity (Wildman–Crippen MR) is 111 cm³/mol. The number of hydrogen-bond donors (Lipinski definition) is 2. The summed E-state index contributed by atoms with van der Waals surface area (Å²) in [5, 5.41) is 4.96. The van der Waals surface area contributed by atoms with Gasteiger partial charge in [-0.3, -0.25) is 19.9 Å². The average molecular weight is 424 g/mol. The Kier molecular flexibility index (Phi) is 5.75. The fraction of sp³-hybridized carbons (Fsp3) is 0.364. The van der Waals surface area contributed by atoms with Crippen molar-refractivity contribution in [2.75, 3.05) is 19.7 Å². The summed E-state index contributed by atoms with van der Waals surface area (Å²) in [6.45, 7) is 3.26. The number of piperidine rings is 1. The molecule has 0 radical (unpaired) electrons. The fourth-order valence-electron chi connectivity index (χ4n) is 3.90. The summed E-state index contributed by atoms with van der Waals surface area (Å²) in [5.74, 6) is 0.397. The second-order valence-corrected chi connectivity index (χ2v) is 7.56. The Bertz CT molecular complexity index is 997. The number of rotatable bonds is 6. The molecule has 1 aromatic carbocycles. The Morgan fingerprint density at radius 3 is 2.68 bits per heavy atom. The first kappa shape index (κ1) is 20.6. The Hall–Kier alpha value is -3.62. The molecule has 2 fully saturated rings. The number of nitrogens with zero attached hydrogens (tertiary/aromatic N) is 2. The van der Waals surface area contributed by atoms with Crippen molar-refractivity contribution in [2.24, 2.45) is 0 Å². The van der Waals surface area contributed by atoms with E-state index in [-0.39, 0.29) is 18.4 Å². The third kappa shape index (κ3) is 4.30. The highest BCUT2D eigenvalue weighted by Gasteiger charge is 2.49. The molecule has 9 nitrogen and oxygen atoms in total. The molecule has 2 N–H and O–H groups in total. The molecule has 2 aliphatic heterocycles. The lowest BCUT2D eigenvalue weighted by Crippen LogP contribution is -2.59. The van der Waals surface area contributed by atoms with E-state index >= 15 is 0 Å². The molecule has 2 aliphatic rings. The standard InChI is InChI=1S/C22H24N4O5/c1-2-30-18-12-16(4-5-17(18)31-13-15-6-9-23-10-7-15)19(27)26-11-3-8-22(14-26)20(28)24-21(29)25-22/h4-7,9-10,12H,2-3,8,11,13-14H2,1H3,(H2,24,25,28,29)/t22-/m0/s1. The van der Waals surface area contributed by atoms with Crippen molar-refractivity contribution in [2.45, 2.75) is 31.9 Å². The second kappa shape index (κ2) is 8.63. The molecule has 4 rings (SSSR count). The lowest BCUT2D eigenvalue weighted by atomic mass is 9.89. The van der Waals surface area contributed by atoms with Gasteiger partial charge in [-0.2, -0.15) is 0 Å². The molecule has 2 saturated heterocycles. The normalized spacial score (nSPS) is 20.4. The highest BCUT2D eigenvalue weighted by molar-refractivity contribution is 6.07. The van der Waals surface area contributed by atoms with Crippen LogP contribution < -0.4 is 20.1 Å². The molecule has 0 aliphatic carbocycles. The molecular formula is C22H24N4O5. The largest absolute Gasteiger partial charge is 0.490 e. The maximum atomic E-state index is 13.2. The number of ether oxygens (including phenoxy) is 2. The molecule has 31 heavy (non-hydrogen) atoms. The van der Waals surface area contributed by atoms with Gasteiger partial charge in [0, 0.05) is 24.5 Å². The maximum Gasteiger partial charge on any atom is 0.322 e.